The van der Waals surface area contributed by atoms with Crippen molar-refractivity contribution in [1.29, 1.82) is 0 Å². The molecule has 1 aromatic carbocycles. The van der Waals surface area contributed by atoms with Gasteiger partial charge in [-0.1, -0.05) is 30.3 Å². The van der Waals surface area contributed by atoms with Crippen molar-refractivity contribution >= 4 is 12.0 Å². The Morgan fingerprint density at radius 2 is 2.08 bits per heavy atom. The molecule has 0 radical (unpaired) electrons. The number of hydrogen-bond acceptors (Lipinski definition) is 3. The smallest absolute Gasteiger partial charge is 0.317 e. The normalized spacial score (nSPS) is 29.6. The van der Waals surface area contributed by atoms with Crippen molar-refractivity contribution in [3.8, 4) is 0 Å². The second-order valence-electron chi connectivity index (χ2n) is 6.96. The summed E-state index contributed by atoms with van der Waals surface area (Å²) in [5.74, 6) is -0.845. The van der Waals surface area contributed by atoms with Crippen LogP contribution in [0.25, 0.3) is 0 Å². The molecule has 2 aliphatic heterocycles. The van der Waals surface area contributed by atoms with Crippen molar-refractivity contribution in [1.82, 2.24) is 10.2 Å². The fourth-order valence-corrected chi connectivity index (χ4v) is 3.39. The van der Waals surface area contributed by atoms with Crippen molar-refractivity contribution in [2.45, 2.75) is 38.4 Å². The predicted molar refractivity (Wildman–Crippen MR) is 88.6 cm³/mol. The van der Waals surface area contributed by atoms with Crippen LogP contribution in [-0.2, 0) is 9.53 Å². The van der Waals surface area contributed by atoms with Crippen LogP contribution in [0.15, 0.2) is 30.3 Å². The van der Waals surface area contributed by atoms with E-state index in [4.69, 9.17) is 4.74 Å². The molecule has 2 heterocycles. The molecule has 0 aromatic heterocycles. The molecule has 1 aromatic rings. The zero-order chi connectivity index (χ0) is 17.2. The van der Waals surface area contributed by atoms with Gasteiger partial charge in [0.05, 0.1) is 17.6 Å². The van der Waals surface area contributed by atoms with Crippen LogP contribution in [0.3, 0.4) is 0 Å². The average molecular weight is 332 g/mol. The first-order valence-electron chi connectivity index (χ1n) is 8.44. The van der Waals surface area contributed by atoms with Crippen LogP contribution in [0.2, 0.25) is 0 Å². The van der Waals surface area contributed by atoms with Gasteiger partial charge in [0.1, 0.15) is 0 Å². The molecule has 0 bridgehead atoms. The summed E-state index contributed by atoms with van der Waals surface area (Å²) < 4.78 is 6.01. The lowest BCUT2D eigenvalue weighted by molar-refractivity contribution is -0.147. The molecule has 130 valence electrons. The first-order valence-corrected chi connectivity index (χ1v) is 8.44. The third-order valence-corrected chi connectivity index (χ3v) is 5.04. The topological polar surface area (TPSA) is 78.9 Å². The molecule has 3 rings (SSSR count). The van der Waals surface area contributed by atoms with Crippen molar-refractivity contribution < 1.29 is 19.4 Å². The quantitative estimate of drug-likeness (QED) is 0.887. The highest BCUT2D eigenvalue weighted by atomic mass is 16.5. The Labute approximate surface area is 141 Å². The van der Waals surface area contributed by atoms with Gasteiger partial charge in [-0.25, -0.2) is 4.79 Å². The molecule has 1 unspecified atom stereocenters. The lowest BCUT2D eigenvalue weighted by atomic mass is 9.90. The number of ether oxygens (including phenoxy) is 1. The number of nitrogens with one attached hydrogen (secondary N) is 1. The summed E-state index contributed by atoms with van der Waals surface area (Å²) in [6.45, 7) is 2.88. The maximum Gasteiger partial charge on any atom is 0.317 e. The number of urea groups is 1. The van der Waals surface area contributed by atoms with Crippen LogP contribution in [0.5, 0.6) is 0 Å². The van der Waals surface area contributed by atoms with Crippen LogP contribution < -0.4 is 5.32 Å². The number of rotatable bonds is 4. The van der Waals surface area contributed by atoms with E-state index in [1.807, 2.05) is 18.2 Å². The zero-order valence-corrected chi connectivity index (χ0v) is 13.9. The van der Waals surface area contributed by atoms with Gasteiger partial charge in [0.25, 0.3) is 0 Å². The SMILES string of the molecule is CC1(C(=O)O)CCN(C(=O)NC[C@H]2CC[C@@H](c3ccccc3)O2)C1. The van der Waals surface area contributed by atoms with Gasteiger partial charge in [-0.05, 0) is 31.7 Å². The van der Waals surface area contributed by atoms with Crippen LogP contribution in [0, 0.1) is 5.41 Å². The molecule has 24 heavy (non-hydrogen) atoms. The Morgan fingerprint density at radius 1 is 1.33 bits per heavy atom. The molecule has 2 amide bonds. The number of carbonyl (C=O) groups excluding carboxylic acids is 1. The van der Waals surface area contributed by atoms with Gasteiger partial charge < -0.3 is 20.1 Å². The van der Waals surface area contributed by atoms with Crippen molar-refractivity contribution in [2.24, 2.45) is 5.41 Å². The lowest BCUT2D eigenvalue weighted by Gasteiger charge is -2.21. The summed E-state index contributed by atoms with van der Waals surface area (Å²) in [6.07, 6.45) is 2.45. The third-order valence-electron chi connectivity index (χ3n) is 5.04. The highest BCUT2D eigenvalue weighted by molar-refractivity contribution is 5.79. The van der Waals surface area contributed by atoms with E-state index in [2.05, 4.69) is 17.4 Å². The molecule has 2 saturated heterocycles. The summed E-state index contributed by atoms with van der Waals surface area (Å²) in [5.41, 5.74) is 0.336. The number of likely N-dealkylation sites (tertiary alicyclic amines) is 1. The number of aliphatic carboxylic acids is 1. The summed E-state index contributed by atoms with van der Waals surface area (Å²) in [6, 6.07) is 9.90. The largest absolute Gasteiger partial charge is 0.481 e. The second kappa shape index (κ2) is 6.81. The standard InChI is InChI=1S/C18H24N2O4/c1-18(16(21)22)9-10-20(12-18)17(23)19-11-14-7-8-15(24-14)13-5-3-2-4-6-13/h2-6,14-15H,7-12H2,1H3,(H,19,23)(H,21,22)/t14-,15+,18?/m1/s1. The Balaban J connectivity index is 1.45. The van der Waals surface area contributed by atoms with Gasteiger partial charge in [0.15, 0.2) is 0 Å². The number of amides is 2. The summed E-state index contributed by atoms with van der Waals surface area (Å²) in [7, 11) is 0. The Hall–Kier alpha value is -2.08. The van der Waals surface area contributed by atoms with Crippen LogP contribution in [0.4, 0.5) is 4.79 Å². The van der Waals surface area contributed by atoms with E-state index in [0.717, 1.165) is 12.8 Å². The molecular weight excluding hydrogens is 308 g/mol. The van der Waals surface area contributed by atoms with Crippen LogP contribution in [0.1, 0.15) is 37.9 Å². The lowest BCUT2D eigenvalue weighted by Crippen LogP contribution is -2.43. The highest BCUT2D eigenvalue weighted by Gasteiger charge is 2.42. The summed E-state index contributed by atoms with van der Waals surface area (Å²) >= 11 is 0. The minimum atomic E-state index is -0.845. The van der Waals surface area contributed by atoms with Gasteiger partial charge in [0.2, 0.25) is 0 Å². The highest BCUT2D eigenvalue weighted by Crippen LogP contribution is 2.32. The van der Waals surface area contributed by atoms with E-state index in [1.165, 1.54) is 5.56 Å². The Morgan fingerprint density at radius 3 is 2.75 bits per heavy atom. The van der Waals surface area contributed by atoms with Gasteiger partial charge >= 0.3 is 12.0 Å². The molecule has 0 saturated carbocycles. The summed E-state index contributed by atoms with van der Waals surface area (Å²) in [4.78, 5) is 25.1. The fourth-order valence-electron chi connectivity index (χ4n) is 3.39. The van der Waals surface area contributed by atoms with E-state index in [-0.39, 0.29) is 24.8 Å². The van der Waals surface area contributed by atoms with E-state index in [1.54, 1.807) is 11.8 Å². The van der Waals surface area contributed by atoms with Crippen molar-refractivity contribution in [3.63, 3.8) is 0 Å². The Kier molecular flexibility index (Phi) is 4.76. The van der Waals surface area contributed by atoms with E-state index in [9.17, 15) is 14.7 Å². The average Bonchev–Trinajstić information content (AvgIpc) is 3.21. The molecule has 2 aliphatic rings. The van der Waals surface area contributed by atoms with Crippen LogP contribution in [-0.4, -0.2) is 47.7 Å². The second-order valence-corrected chi connectivity index (χ2v) is 6.96. The predicted octanol–water partition coefficient (Wildman–Crippen LogP) is 2.41. The number of carboxylic acids is 1. The van der Waals surface area contributed by atoms with Gasteiger partial charge in [-0.2, -0.15) is 0 Å². The van der Waals surface area contributed by atoms with Gasteiger partial charge in [0, 0.05) is 19.6 Å². The van der Waals surface area contributed by atoms with Gasteiger partial charge in [-0.3, -0.25) is 4.79 Å². The number of carboxylic acid groups (broad SMARTS) is 1. The minimum Gasteiger partial charge on any atom is -0.481 e. The monoisotopic (exact) mass is 332 g/mol. The molecule has 0 aliphatic carbocycles. The van der Waals surface area contributed by atoms with Crippen molar-refractivity contribution in [3.05, 3.63) is 35.9 Å². The maximum atomic E-state index is 12.2. The fraction of sp³-hybridized carbons (Fsp3) is 0.556. The molecule has 6 heteroatoms. The number of nitrogens with zero attached hydrogens (tertiary/aromatic N) is 1. The minimum absolute atomic E-state index is 0.00705. The molecule has 6 nitrogen and oxygen atoms in total. The van der Waals surface area contributed by atoms with Crippen molar-refractivity contribution in [2.75, 3.05) is 19.6 Å². The Bertz CT molecular complexity index is 606. The number of hydrogen-bond donors (Lipinski definition) is 2. The van der Waals surface area contributed by atoms with Gasteiger partial charge in [-0.15, -0.1) is 0 Å². The molecule has 2 fully saturated rings. The number of carbonyl (C=O) groups is 2. The third kappa shape index (κ3) is 3.53. The van der Waals surface area contributed by atoms with Crippen LogP contribution >= 0.6 is 0 Å². The molecule has 0 spiro atoms. The molecular formula is C18H24N2O4. The first kappa shape index (κ1) is 16.8. The zero-order valence-electron chi connectivity index (χ0n) is 13.9. The molecule has 3 atom stereocenters. The van der Waals surface area contributed by atoms with E-state index in [0.29, 0.717) is 19.5 Å². The summed E-state index contributed by atoms with van der Waals surface area (Å²) in [5, 5.41) is 12.1. The number of benzene rings is 1. The van der Waals surface area contributed by atoms with E-state index < -0.39 is 11.4 Å². The molecule has 2 N–H and O–H groups in total. The maximum absolute atomic E-state index is 12.2. The van der Waals surface area contributed by atoms with E-state index >= 15 is 0 Å². The first-order chi connectivity index (χ1) is 11.5.